The smallest absolute Gasteiger partial charge is 0.249 e. The van der Waals surface area contributed by atoms with Gasteiger partial charge in [0, 0.05) is 17.3 Å². The largest absolute Gasteiger partial charge is 0.318 e. The van der Waals surface area contributed by atoms with Crippen molar-refractivity contribution < 1.29 is 9.59 Å². The van der Waals surface area contributed by atoms with Gasteiger partial charge in [0.05, 0.1) is 4.87 Å². The van der Waals surface area contributed by atoms with Gasteiger partial charge in [0.1, 0.15) is 6.04 Å². The van der Waals surface area contributed by atoms with Gasteiger partial charge in [0.15, 0.2) is 5.13 Å². The summed E-state index contributed by atoms with van der Waals surface area (Å²) in [7, 11) is 0. The number of thioether (sulfide) groups is 1. The van der Waals surface area contributed by atoms with Crippen LogP contribution in [0.3, 0.4) is 0 Å². The Kier molecular flexibility index (Phi) is 3.39. The van der Waals surface area contributed by atoms with Gasteiger partial charge in [-0.25, -0.2) is 4.98 Å². The van der Waals surface area contributed by atoms with Crippen molar-refractivity contribution in [2.75, 3.05) is 11.1 Å². The zero-order valence-electron chi connectivity index (χ0n) is 9.54. The molecule has 2 heterocycles. The van der Waals surface area contributed by atoms with E-state index in [1.54, 1.807) is 28.2 Å². The first-order valence-corrected chi connectivity index (χ1v) is 6.99. The highest BCUT2D eigenvalue weighted by molar-refractivity contribution is 8.00. The van der Waals surface area contributed by atoms with Crippen molar-refractivity contribution in [3.05, 3.63) is 11.6 Å². The molecular formula is C10H13N3O2S2. The maximum Gasteiger partial charge on any atom is 0.249 e. The Morgan fingerprint density at radius 1 is 1.71 bits per heavy atom. The SMILES string of the molecule is CC1(C)SC[C@@H](C(=O)Nc2nccs2)N1C=O. The van der Waals surface area contributed by atoms with Gasteiger partial charge in [-0.2, -0.15) is 0 Å². The summed E-state index contributed by atoms with van der Waals surface area (Å²) in [6.07, 6.45) is 2.37. The monoisotopic (exact) mass is 271 g/mol. The van der Waals surface area contributed by atoms with Crippen LogP contribution in [0.5, 0.6) is 0 Å². The minimum atomic E-state index is -0.420. The predicted molar refractivity (Wildman–Crippen MR) is 69.0 cm³/mol. The van der Waals surface area contributed by atoms with E-state index in [2.05, 4.69) is 10.3 Å². The Morgan fingerprint density at radius 2 is 2.47 bits per heavy atom. The third-order valence-corrected chi connectivity index (χ3v) is 4.72. The second-order valence-corrected chi connectivity index (χ2v) is 6.63. The third kappa shape index (κ3) is 2.44. The number of rotatable bonds is 3. The molecule has 1 saturated heterocycles. The van der Waals surface area contributed by atoms with Crippen molar-refractivity contribution in [3.63, 3.8) is 0 Å². The molecule has 0 bridgehead atoms. The van der Waals surface area contributed by atoms with Crippen LogP contribution in [0.1, 0.15) is 13.8 Å². The molecule has 1 fully saturated rings. The summed E-state index contributed by atoms with van der Waals surface area (Å²) in [5.74, 6) is 0.438. The maximum atomic E-state index is 12.0. The van der Waals surface area contributed by atoms with Gasteiger partial charge in [-0.15, -0.1) is 23.1 Å². The van der Waals surface area contributed by atoms with Gasteiger partial charge < -0.3 is 10.2 Å². The maximum absolute atomic E-state index is 12.0. The number of nitrogens with zero attached hydrogens (tertiary/aromatic N) is 2. The van der Waals surface area contributed by atoms with E-state index in [1.807, 2.05) is 13.8 Å². The van der Waals surface area contributed by atoms with Crippen LogP contribution < -0.4 is 5.32 Å². The molecule has 0 saturated carbocycles. The highest BCUT2D eigenvalue weighted by atomic mass is 32.2. The molecule has 17 heavy (non-hydrogen) atoms. The normalized spacial score (nSPS) is 22.5. The lowest BCUT2D eigenvalue weighted by Crippen LogP contribution is -2.47. The number of carbonyl (C=O) groups is 2. The fourth-order valence-electron chi connectivity index (χ4n) is 1.69. The van der Waals surface area contributed by atoms with E-state index in [-0.39, 0.29) is 10.8 Å². The van der Waals surface area contributed by atoms with Crippen LogP contribution in [-0.4, -0.2) is 38.9 Å². The number of thiazole rings is 1. The van der Waals surface area contributed by atoms with Crippen molar-refractivity contribution in [3.8, 4) is 0 Å². The van der Waals surface area contributed by atoms with E-state index in [4.69, 9.17) is 0 Å². The van der Waals surface area contributed by atoms with E-state index in [9.17, 15) is 9.59 Å². The zero-order valence-corrected chi connectivity index (χ0v) is 11.2. The van der Waals surface area contributed by atoms with E-state index < -0.39 is 6.04 Å². The average molecular weight is 271 g/mol. The first-order valence-electron chi connectivity index (χ1n) is 5.12. The summed E-state index contributed by atoms with van der Waals surface area (Å²) in [6.45, 7) is 3.87. The summed E-state index contributed by atoms with van der Waals surface area (Å²) in [4.78, 5) is 28.3. The van der Waals surface area contributed by atoms with Crippen molar-refractivity contribution in [1.29, 1.82) is 0 Å². The van der Waals surface area contributed by atoms with Gasteiger partial charge in [-0.05, 0) is 13.8 Å². The zero-order chi connectivity index (χ0) is 12.5. The Labute approximate surface area is 108 Å². The van der Waals surface area contributed by atoms with Crippen molar-refractivity contribution in [1.82, 2.24) is 9.88 Å². The molecule has 1 N–H and O–H groups in total. The Hall–Kier alpha value is -1.08. The van der Waals surface area contributed by atoms with Crippen LogP contribution in [0.2, 0.25) is 0 Å². The number of hydrogen-bond acceptors (Lipinski definition) is 5. The molecule has 1 aliphatic rings. The van der Waals surface area contributed by atoms with E-state index in [1.165, 1.54) is 11.3 Å². The highest BCUT2D eigenvalue weighted by Crippen LogP contribution is 2.37. The number of nitrogens with one attached hydrogen (secondary N) is 1. The molecule has 92 valence electrons. The summed E-state index contributed by atoms with van der Waals surface area (Å²) < 4.78 is 0. The van der Waals surface area contributed by atoms with Crippen LogP contribution in [-0.2, 0) is 9.59 Å². The summed E-state index contributed by atoms with van der Waals surface area (Å²) in [6, 6.07) is -0.420. The van der Waals surface area contributed by atoms with Crippen LogP contribution in [0.25, 0.3) is 0 Å². The third-order valence-electron chi connectivity index (χ3n) is 2.63. The Balaban J connectivity index is 2.07. The van der Waals surface area contributed by atoms with E-state index >= 15 is 0 Å². The molecule has 0 radical (unpaired) electrons. The first kappa shape index (κ1) is 12.4. The Morgan fingerprint density at radius 3 is 3.06 bits per heavy atom. The number of aromatic nitrogens is 1. The molecule has 0 unspecified atom stereocenters. The lowest BCUT2D eigenvalue weighted by molar-refractivity contribution is -0.130. The van der Waals surface area contributed by atoms with Gasteiger partial charge in [0.25, 0.3) is 0 Å². The van der Waals surface area contributed by atoms with Gasteiger partial charge in [0.2, 0.25) is 12.3 Å². The topological polar surface area (TPSA) is 62.3 Å². The Bertz CT molecular complexity index is 419. The number of anilines is 1. The molecular weight excluding hydrogens is 258 g/mol. The second-order valence-electron chi connectivity index (χ2n) is 4.11. The van der Waals surface area contributed by atoms with E-state index in [0.717, 1.165) is 6.41 Å². The van der Waals surface area contributed by atoms with Gasteiger partial charge in [-0.3, -0.25) is 9.59 Å². The molecule has 1 aromatic rings. The molecule has 1 aromatic heterocycles. The second kappa shape index (κ2) is 4.66. The van der Waals surface area contributed by atoms with Crippen LogP contribution >= 0.6 is 23.1 Å². The lowest BCUT2D eigenvalue weighted by Gasteiger charge is -2.29. The van der Waals surface area contributed by atoms with Crippen LogP contribution in [0, 0.1) is 0 Å². The quantitative estimate of drug-likeness (QED) is 0.844. The number of hydrogen-bond donors (Lipinski definition) is 1. The molecule has 2 amide bonds. The molecule has 7 heteroatoms. The number of amides is 2. The van der Waals surface area contributed by atoms with Gasteiger partial charge in [-0.1, -0.05) is 0 Å². The highest BCUT2D eigenvalue weighted by Gasteiger charge is 2.42. The summed E-state index contributed by atoms with van der Waals surface area (Å²) in [5, 5.41) is 5.08. The molecule has 0 aliphatic carbocycles. The van der Waals surface area contributed by atoms with E-state index in [0.29, 0.717) is 10.9 Å². The minimum Gasteiger partial charge on any atom is -0.318 e. The van der Waals surface area contributed by atoms with Crippen molar-refractivity contribution in [2.45, 2.75) is 24.8 Å². The van der Waals surface area contributed by atoms with Gasteiger partial charge >= 0.3 is 0 Å². The standard InChI is InChI=1S/C10H13N3O2S2/c1-10(2)13(6-14)7(5-17-10)8(15)12-9-11-3-4-16-9/h3-4,6-7H,5H2,1-2H3,(H,11,12,15)/t7-/m0/s1. The number of carbonyl (C=O) groups excluding carboxylic acids is 2. The summed E-state index contributed by atoms with van der Waals surface area (Å²) >= 11 is 2.96. The fraction of sp³-hybridized carbons (Fsp3) is 0.500. The van der Waals surface area contributed by atoms with Crippen molar-refractivity contribution >= 4 is 40.5 Å². The van der Waals surface area contributed by atoms with Crippen LogP contribution in [0.15, 0.2) is 11.6 Å². The first-order chi connectivity index (χ1) is 8.04. The average Bonchev–Trinajstić information content (AvgIpc) is 2.85. The summed E-state index contributed by atoms with van der Waals surface area (Å²) in [5.41, 5.74) is 0. The molecule has 0 aromatic carbocycles. The minimum absolute atomic E-state index is 0.176. The van der Waals surface area contributed by atoms with Crippen molar-refractivity contribution in [2.24, 2.45) is 0 Å². The molecule has 1 aliphatic heterocycles. The lowest BCUT2D eigenvalue weighted by atomic mass is 10.2. The predicted octanol–water partition coefficient (Wildman–Crippen LogP) is 1.39. The molecule has 1 atom stereocenters. The molecule has 5 nitrogen and oxygen atoms in total. The fourth-order valence-corrected chi connectivity index (χ4v) is 3.42. The van der Waals surface area contributed by atoms with Crippen LogP contribution in [0.4, 0.5) is 5.13 Å². The molecule has 2 rings (SSSR count). The molecule has 0 spiro atoms.